The number of nitrogens with zero attached hydrogens (tertiary/aromatic N) is 2. The van der Waals surface area contributed by atoms with Crippen molar-refractivity contribution in [3.05, 3.63) is 53.9 Å². The molecule has 2 rings (SSSR count). The number of aromatic nitrogens is 2. The van der Waals surface area contributed by atoms with Crippen molar-refractivity contribution in [3.8, 4) is 0 Å². The van der Waals surface area contributed by atoms with Crippen molar-refractivity contribution in [2.75, 3.05) is 0 Å². The van der Waals surface area contributed by atoms with Crippen molar-refractivity contribution in [2.45, 2.75) is 12.8 Å². The summed E-state index contributed by atoms with van der Waals surface area (Å²) in [4.78, 5) is 10.8. The summed E-state index contributed by atoms with van der Waals surface area (Å²) in [7, 11) is 0. The Morgan fingerprint density at radius 1 is 1.19 bits per heavy atom. The van der Waals surface area contributed by atoms with Gasteiger partial charge in [0.25, 0.3) is 0 Å². The Labute approximate surface area is 93.1 Å². The summed E-state index contributed by atoms with van der Waals surface area (Å²) in [5.41, 5.74) is 1.91. The molecule has 1 N–H and O–H groups in total. The molecule has 0 atom stereocenters. The lowest BCUT2D eigenvalue weighted by Crippen LogP contribution is -2.13. The van der Waals surface area contributed by atoms with Gasteiger partial charge < -0.3 is 5.11 Å². The van der Waals surface area contributed by atoms with E-state index < -0.39 is 6.09 Å². The first-order chi connectivity index (χ1) is 7.77. The SMILES string of the molecule is O=C(O)n1nccc1CCc1ccccc1. The van der Waals surface area contributed by atoms with E-state index >= 15 is 0 Å². The molecule has 0 aliphatic carbocycles. The summed E-state index contributed by atoms with van der Waals surface area (Å²) >= 11 is 0. The Bertz CT molecular complexity index is 477. The quantitative estimate of drug-likeness (QED) is 0.855. The predicted octanol–water partition coefficient (Wildman–Crippen LogP) is 2.19. The van der Waals surface area contributed by atoms with Gasteiger partial charge in [-0.25, -0.2) is 4.79 Å². The van der Waals surface area contributed by atoms with E-state index in [9.17, 15) is 4.79 Å². The molecule has 0 aliphatic rings. The average Bonchev–Trinajstić information content (AvgIpc) is 2.76. The van der Waals surface area contributed by atoms with Crippen LogP contribution in [0.5, 0.6) is 0 Å². The van der Waals surface area contributed by atoms with Crippen molar-refractivity contribution in [2.24, 2.45) is 0 Å². The molecule has 1 aromatic carbocycles. The second kappa shape index (κ2) is 4.61. The molecule has 0 aliphatic heterocycles. The predicted molar refractivity (Wildman–Crippen MR) is 59.5 cm³/mol. The lowest BCUT2D eigenvalue weighted by atomic mass is 10.1. The lowest BCUT2D eigenvalue weighted by molar-refractivity contribution is 0.191. The fourth-order valence-corrected chi connectivity index (χ4v) is 1.61. The normalized spacial score (nSPS) is 10.2. The summed E-state index contributed by atoms with van der Waals surface area (Å²) in [6.07, 6.45) is 1.97. The lowest BCUT2D eigenvalue weighted by Gasteiger charge is -2.02. The van der Waals surface area contributed by atoms with Gasteiger partial charge in [-0.05, 0) is 24.5 Å². The van der Waals surface area contributed by atoms with Gasteiger partial charge in [-0.2, -0.15) is 9.78 Å². The maximum atomic E-state index is 10.8. The maximum Gasteiger partial charge on any atom is 0.432 e. The third kappa shape index (κ3) is 2.28. The average molecular weight is 216 g/mol. The van der Waals surface area contributed by atoms with Gasteiger partial charge in [0.2, 0.25) is 0 Å². The molecule has 1 heterocycles. The van der Waals surface area contributed by atoms with Crippen LogP contribution in [0.3, 0.4) is 0 Å². The number of carbonyl (C=O) groups is 1. The zero-order valence-electron chi connectivity index (χ0n) is 8.71. The van der Waals surface area contributed by atoms with E-state index in [-0.39, 0.29) is 0 Å². The fourth-order valence-electron chi connectivity index (χ4n) is 1.61. The highest BCUT2D eigenvalue weighted by Crippen LogP contribution is 2.06. The third-order valence-electron chi connectivity index (χ3n) is 2.41. The molecule has 0 fully saturated rings. The van der Waals surface area contributed by atoms with E-state index in [1.165, 1.54) is 11.8 Å². The number of hydrogen-bond acceptors (Lipinski definition) is 2. The first-order valence-corrected chi connectivity index (χ1v) is 5.07. The van der Waals surface area contributed by atoms with Crippen molar-refractivity contribution in [1.29, 1.82) is 0 Å². The highest BCUT2D eigenvalue weighted by atomic mass is 16.4. The summed E-state index contributed by atoms with van der Waals surface area (Å²) < 4.78 is 1.02. The standard InChI is InChI=1S/C12H12N2O2/c15-12(16)14-11(8-9-13-14)7-6-10-4-2-1-3-5-10/h1-5,8-9H,6-7H2,(H,15,16). The van der Waals surface area contributed by atoms with E-state index in [0.717, 1.165) is 16.8 Å². The van der Waals surface area contributed by atoms with E-state index in [0.29, 0.717) is 6.42 Å². The molecule has 16 heavy (non-hydrogen) atoms. The molecule has 0 saturated carbocycles. The van der Waals surface area contributed by atoms with Crippen LogP contribution in [-0.4, -0.2) is 21.0 Å². The fraction of sp³-hybridized carbons (Fsp3) is 0.167. The molecule has 0 spiro atoms. The van der Waals surface area contributed by atoms with Gasteiger partial charge in [-0.15, -0.1) is 0 Å². The van der Waals surface area contributed by atoms with Crippen LogP contribution in [0.15, 0.2) is 42.6 Å². The molecule has 0 saturated heterocycles. The van der Waals surface area contributed by atoms with Crippen LogP contribution >= 0.6 is 0 Å². The van der Waals surface area contributed by atoms with Gasteiger partial charge in [0.1, 0.15) is 0 Å². The molecular formula is C12H12N2O2. The first-order valence-electron chi connectivity index (χ1n) is 5.07. The zero-order chi connectivity index (χ0) is 11.4. The van der Waals surface area contributed by atoms with Crippen LogP contribution in [0.4, 0.5) is 4.79 Å². The number of rotatable bonds is 3. The minimum absolute atomic E-state index is 0.677. The Morgan fingerprint density at radius 3 is 2.62 bits per heavy atom. The molecule has 0 bridgehead atoms. The van der Waals surface area contributed by atoms with E-state index in [1.54, 1.807) is 6.07 Å². The van der Waals surface area contributed by atoms with Gasteiger partial charge in [0, 0.05) is 6.20 Å². The maximum absolute atomic E-state index is 10.8. The topological polar surface area (TPSA) is 55.1 Å². The van der Waals surface area contributed by atoms with Gasteiger partial charge in [0.05, 0.1) is 5.69 Å². The molecule has 0 radical (unpaired) electrons. The highest BCUT2D eigenvalue weighted by molar-refractivity contribution is 5.67. The Kier molecular flexibility index (Phi) is 3.00. The minimum atomic E-state index is -1.03. The first kappa shape index (κ1) is 10.4. The summed E-state index contributed by atoms with van der Waals surface area (Å²) in [6.45, 7) is 0. The second-order valence-corrected chi connectivity index (χ2v) is 3.50. The van der Waals surface area contributed by atoms with Crippen molar-refractivity contribution >= 4 is 6.09 Å². The molecule has 82 valence electrons. The number of carboxylic acid groups (broad SMARTS) is 1. The minimum Gasteiger partial charge on any atom is -0.463 e. The second-order valence-electron chi connectivity index (χ2n) is 3.50. The van der Waals surface area contributed by atoms with Crippen LogP contribution in [0.1, 0.15) is 11.3 Å². The largest absolute Gasteiger partial charge is 0.463 e. The molecule has 0 unspecified atom stereocenters. The molecule has 4 nitrogen and oxygen atoms in total. The molecular weight excluding hydrogens is 204 g/mol. The highest BCUT2D eigenvalue weighted by Gasteiger charge is 2.08. The number of hydrogen-bond donors (Lipinski definition) is 1. The monoisotopic (exact) mass is 216 g/mol. The van der Waals surface area contributed by atoms with Crippen LogP contribution in [-0.2, 0) is 12.8 Å². The van der Waals surface area contributed by atoms with E-state index in [1.807, 2.05) is 30.3 Å². The Hall–Kier alpha value is -2.10. The Balaban J connectivity index is 2.05. The van der Waals surface area contributed by atoms with E-state index in [4.69, 9.17) is 5.11 Å². The number of benzene rings is 1. The zero-order valence-corrected chi connectivity index (χ0v) is 8.71. The van der Waals surface area contributed by atoms with Crippen molar-refractivity contribution in [1.82, 2.24) is 9.78 Å². The van der Waals surface area contributed by atoms with E-state index in [2.05, 4.69) is 5.10 Å². The molecule has 0 amide bonds. The van der Waals surface area contributed by atoms with Gasteiger partial charge in [-0.3, -0.25) is 0 Å². The van der Waals surface area contributed by atoms with Gasteiger partial charge in [-0.1, -0.05) is 30.3 Å². The number of aryl methyl sites for hydroxylation is 2. The summed E-state index contributed by atoms with van der Waals surface area (Å²) in [5, 5.41) is 12.6. The van der Waals surface area contributed by atoms with Crippen LogP contribution in [0.2, 0.25) is 0 Å². The molecule has 2 aromatic rings. The van der Waals surface area contributed by atoms with Crippen molar-refractivity contribution in [3.63, 3.8) is 0 Å². The Morgan fingerprint density at radius 2 is 1.94 bits per heavy atom. The summed E-state index contributed by atoms with van der Waals surface area (Å²) in [6, 6.07) is 11.7. The van der Waals surface area contributed by atoms with Crippen molar-refractivity contribution < 1.29 is 9.90 Å². The van der Waals surface area contributed by atoms with Crippen LogP contribution < -0.4 is 0 Å². The third-order valence-corrected chi connectivity index (χ3v) is 2.41. The summed E-state index contributed by atoms with van der Waals surface area (Å²) in [5.74, 6) is 0. The molecule has 1 aromatic heterocycles. The smallest absolute Gasteiger partial charge is 0.432 e. The van der Waals surface area contributed by atoms with Crippen LogP contribution in [0, 0.1) is 0 Å². The van der Waals surface area contributed by atoms with Crippen LogP contribution in [0.25, 0.3) is 0 Å². The molecule has 4 heteroatoms. The van der Waals surface area contributed by atoms with Gasteiger partial charge in [0.15, 0.2) is 0 Å². The van der Waals surface area contributed by atoms with Gasteiger partial charge >= 0.3 is 6.09 Å².